The van der Waals surface area contributed by atoms with Gasteiger partial charge in [0.1, 0.15) is 6.10 Å². The molecule has 0 N–H and O–H groups in total. The molecule has 5 heteroatoms. The summed E-state index contributed by atoms with van der Waals surface area (Å²) in [6, 6.07) is 9.23. The third kappa shape index (κ3) is 2.27. The van der Waals surface area contributed by atoms with Crippen LogP contribution in [-0.2, 0) is 25.5 Å². The highest BCUT2D eigenvalue weighted by Crippen LogP contribution is 2.15. The number of carbonyl (C=O) groups excluding carboxylic acids is 1. The van der Waals surface area contributed by atoms with Crippen LogP contribution in [0.2, 0.25) is 0 Å². The van der Waals surface area contributed by atoms with E-state index in [1.54, 1.807) is 0 Å². The van der Waals surface area contributed by atoms with E-state index in [9.17, 15) is 9.00 Å². The van der Waals surface area contributed by atoms with Gasteiger partial charge in [-0.3, -0.25) is 4.79 Å². The molecule has 1 aromatic rings. The van der Waals surface area contributed by atoms with Crippen molar-refractivity contribution in [3.8, 4) is 0 Å². The average Bonchev–Trinajstić information content (AvgIpc) is 2.80. The number of ether oxygens (including phenoxy) is 2. The SMILES string of the molecule is O=CC1OCC(C(=S=O)c2ccccc2)O1. The van der Waals surface area contributed by atoms with Gasteiger partial charge in [0.15, 0.2) is 6.29 Å². The fraction of sp³-hybridized carbons (Fsp3) is 0.273. The zero-order valence-electron chi connectivity index (χ0n) is 8.37. The molecule has 0 aromatic heterocycles. The van der Waals surface area contributed by atoms with Gasteiger partial charge >= 0.3 is 0 Å². The van der Waals surface area contributed by atoms with Crippen molar-refractivity contribution in [2.24, 2.45) is 0 Å². The summed E-state index contributed by atoms with van der Waals surface area (Å²) < 4.78 is 21.4. The summed E-state index contributed by atoms with van der Waals surface area (Å²) in [5.41, 5.74) is 0.808. The molecule has 0 radical (unpaired) electrons. The first-order valence-electron chi connectivity index (χ1n) is 4.79. The zero-order valence-corrected chi connectivity index (χ0v) is 9.18. The maximum Gasteiger partial charge on any atom is 0.215 e. The van der Waals surface area contributed by atoms with Gasteiger partial charge in [-0.05, 0) is 5.56 Å². The van der Waals surface area contributed by atoms with Crippen molar-refractivity contribution in [3.63, 3.8) is 0 Å². The number of benzene rings is 1. The van der Waals surface area contributed by atoms with Crippen molar-refractivity contribution in [1.29, 1.82) is 0 Å². The van der Waals surface area contributed by atoms with Crippen molar-refractivity contribution >= 4 is 22.4 Å². The summed E-state index contributed by atoms with van der Waals surface area (Å²) in [5.74, 6) is 0. The Labute approximate surface area is 96.2 Å². The predicted octanol–water partition coefficient (Wildman–Crippen LogP) is 0.361. The van der Waals surface area contributed by atoms with Gasteiger partial charge in [-0.25, -0.2) is 4.21 Å². The van der Waals surface area contributed by atoms with Crippen LogP contribution in [0.1, 0.15) is 5.56 Å². The first kappa shape index (κ1) is 11.2. The molecule has 16 heavy (non-hydrogen) atoms. The fourth-order valence-electron chi connectivity index (χ4n) is 1.52. The number of hydrogen-bond acceptors (Lipinski definition) is 4. The van der Waals surface area contributed by atoms with Gasteiger partial charge in [-0.15, -0.1) is 0 Å². The van der Waals surface area contributed by atoms with Crippen molar-refractivity contribution in [3.05, 3.63) is 35.9 Å². The molecule has 1 aliphatic heterocycles. The standard InChI is InChI=1S/C11H10O4S/c12-6-10-14-7-9(15-10)11(16-13)8-4-2-1-3-5-8/h1-6,9-10H,7H2. The molecule has 0 aliphatic carbocycles. The van der Waals surface area contributed by atoms with Gasteiger partial charge in [0.05, 0.1) is 22.7 Å². The molecule has 2 rings (SSSR count). The lowest BCUT2D eigenvalue weighted by Gasteiger charge is -2.09. The minimum Gasteiger partial charge on any atom is -0.343 e. The molecule has 0 spiro atoms. The van der Waals surface area contributed by atoms with Gasteiger partial charge in [-0.1, -0.05) is 30.3 Å². The summed E-state index contributed by atoms with van der Waals surface area (Å²) in [4.78, 5) is 11.0. The Morgan fingerprint density at radius 1 is 1.38 bits per heavy atom. The summed E-state index contributed by atoms with van der Waals surface area (Å²) in [6.07, 6.45) is -0.714. The number of rotatable bonds is 3. The Balaban J connectivity index is 2.20. The van der Waals surface area contributed by atoms with Crippen LogP contribution < -0.4 is 0 Å². The van der Waals surface area contributed by atoms with E-state index >= 15 is 0 Å². The highest BCUT2D eigenvalue weighted by Gasteiger charge is 2.30. The Morgan fingerprint density at radius 2 is 2.12 bits per heavy atom. The minimum absolute atomic E-state index is 0.239. The van der Waals surface area contributed by atoms with E-state index in [1.807, 2.05) is 30.3 Å². The highest BCUT2D eigenvalue weighted by molar-refractivity contribution is 7.67. The van der Waals surface area contributed by atoms with Crippen molar-refractivity contribution < 1.29 is 18.5 Å². The summed E-state index contributed by atoms with van der Waals surface area (Å²) in [7, 11) is 0. The minimum atomic E-state index is -0.851. The molecule has 1 heterocycles. The van der Waals surface area contributed by atoms with E-state index in [-0.39, 0.29) is 6.61 Å². The van der Waals surface area contributed by atoms with Crippen LogP contribution in [0.3, 0.4) is 0 Å². The molecule has 2 atom stereocenters. The monoisotopic (exact) mass is 238 g/mol. The topological polar surface area (TPSA) is 52.6 Å². The molecule has 0 saturated carbocycles. The number of hydrogen-bond donors (Lipinski definition) is 0. The molecular formula is C11H10O4S. The van der Waals surface area contributed by atoms with Gasteiger partial charge in [0.2, 0.25) is 6.29 Å². The highest BCUT2D eigenvalue weighted by atomic mass is 32.1. The van der Waals surface area contributed by atoms with E-state index in [1.165, 1.54) is 0 Å². The Morgan fingerprint density at radius 3 is 2.69 bits per heavy atom. The average molecular weight is 238 g/mol. The smallest absolute Gasteiger partial charge is 0.215 e. The van der Waals surface area contributed by atoms with Crippen LogP contribution in [0.4, 0.5) is 0 Å². The fourth-order valence-corrected chi connectivity index (χ4v) is 1.98. The lowest BCUT2D eigenvalue weighted by molar-refractivity contribution is -0.131. The summed E-state index contributed by atoms with van der Waals surface area (Å²) >= 11 is 0.379. The van der Waals surface area contributed by atoms with E-state index in [0.29, 0.717) is 22.4 Å². The normalized spacial score (nSPS) is 24.0. The molecule has 0 bridgehead atoms. The first-order chi connectivity index (χ1) is 7.85. The zero-order chi connectivity index (χ0) is 11.4. The van der Waals surface area contributed by atoms with Gasteiger partial charge in [0.25, 0.3) is 0 Å². The molecule has 0 amide bonds. The molecule has 1 saturated heterocycles. The first-order valence-corrected chi connectivity index (χ1v) is 5.53. The van der Waals surface area contributed by atoms with Crippen molar-refractivity contribution in [2.75, 3.05) is 6.61 Å². The Hall–Kier alpha value is -1.30. The molecule has 1 fully saturated rings. The molecule has 4 nitrogen and oxygen atoms in total. The Bertz CT molecular complexity index is 425. The maximum atomic E-state index is 11.1. The largest absolute Gasteiger partial charge is 0.343 e. The van der Waals surface area contributed by atoms with E-state index < -0.39 is 12.4 Å². The molecule has 1 aromatic carbocycles. The van der Waals surface area contributed by atoms with Crippen LogP contribution >= 0.6 is 0 Å². The second-order valence-corrected chi connectivity index (χ2v) is 3.88. The van der Waals surface area contributed by atoms with E-state index in [4.69, 9.17) is 9.47 Å². The van der Waals surface area contributed by atoms with Crippen LogP contribution in [0, 0.1) is 0 Å². The van der Waals surface area contributed by atoms with Gasteiger partial charge in [-0.2, -0.15) is 0 Å². The van der Waals surface area contributed by atoms with E-state index in [2.05, 4.69) is 0 Å². The molecule has 1 aliphatic rings. The lowest BCUT2D eigenvalue weighted by atomic mass is 10.1. The molecule has 2 unspecified atom stereocenters. The Kier molecular flexibility index (Phi) is 3.61. The quantitative estimate of drug-likeness (QED) is 0.433. The second-order valence-electron chi connectivity index (χ2n) is 3.28. The van der Waals surface area contributed by atoms with Crippen LogP contribution in [0.15, 0.2) is 30.3 Å². The lowest BCUT2D eigenvalue weighted by Crippen LogP contribution is -2.24. The molecular weight excluding hydrogens is 228 g/mol. The third-order valence-corrected chi connectivity index (χ3v) is 2.94. The van der Waals surface area contributed by atoms with Gasteiger partial charge < -0.3 is 9.47 Å². The van der Waals surface area contributed by atoms with E-state index in [0.717, 1.165) is 5.56 Å². The van der Waals surface area contributed by atoms with Crippen molar-refractivity contribution in [2.45, 2.75) is 12.4 Å². The van der Waals surface area contributed by atoms with Crippen LogP contribution in [0.5, 0.6) is 0 Å². The number of aldehydes is 1. The second kappa shape index (κ2) is 5.16. The number of carbonyl (C=O) groups is 1. The predicted molar refractivity (Wildman–Crippen MR) is 59.4 cm³/mol. The van der Waals surface area contributed by atoms with Crippen LogP contribution in [-0.4, -0.2) is 34.4 Å². The van der Waals surface area contributed by atoms with Crippen molar-refractivity contribution in [1.82, 2.24) is 0 Å². The molecule has 84 valence electrons. The maximum absolute atomic E-state index is 11.1. The third-order valence-electron chi connectivity index (χ3n) is 2.26. The van der Waals surface area contributed by atoms with Crippen LogP contribution in [0.25, 0.3) is 0 Å². The summed E-state index contributed by atoms with van der Waals surface area (Å²) in [5, 5.41) is 0. The van der Waals surface area contributed by atoms with Gasteiger partial charge in [0, 0.05) is 0 Å². The summed E-state index contributed by atoms with van der Waals surface area (Å²) in [6.45, 7) is 0.239.